The van der Waals surface area contributed by atoms with Gasteiger partial charge in [0.25, 0.3) is 5.91 Å². The molecule has 0 saturated carbocycles. The number of aromatic amines is 1. The van der Waals surface area contributed by atoms with Gasteiger partial charge in [0, 0.05) is 30.5 Å². The fourth-order valence-electron chi connectivity index (χ4n) is 3.16. The van der Waals surface area contributed by atoms with Crippen LogP contribution in [0.2, 0.25) is 0 Å². The van der Waals surface area contributed by atoms with Gasteiger partial charge in [-0.2, -0.15) is 0 Å². The van der Waals surface area contributed by atoms with Crippen molar-refractivity contribution in [2.24, 2.45) is 11.7 Å². The van der Waals surface area contributed by atoms with E-state index in [4.69, 9.17) is 5.73 Å². The molecule has 2 atom stereocenters. The largest absolute Gasteiger partial charge is 0.366 e. The van der Waals surface area contributed by atoms with Crippen molar-refractivity contribution in [2.75, 3.05) is 13.1 Å². The van der Waals surface area contributed by atoms with Crippen LogP contribution in [0.1, 0.15) is 23.7 Å². The summed E-state index contributed by atoms with van der Waals surface area (Å²) in [7, 11) is 0. The number of halogens is 2. The topological polar surface area (TPSA) is 62.1 Å². The number of carbonyl (C=O) groups excluding carboxylic acids is 1. The second kappa shape index (κ2) is 7.15. The van der Waals surface area contributed by atoms with E-state index in [1.165, 1.54) is 12.1 Å². The van der Waals surface area contributed by atoms with Gasteiger partial charge >= 0.3 is 0 Å². The highest BCUT2D eigenvalue weighted by atomic mass is 35.5. The average Bonchev–Trinajstić information content (AvgIpc) is 3.14. The van der Waals surface area contributed by atoms with Crippen molar-refractivity contribution in [3.05, 3.63) is 48.0 Å². The fraction of sp³-hybridized carbons (Fsp3) is 0.353. The highest BCUT2D eigenvalue weighted by Gasteiger charge is 2.33. The van der Waals surface area contributed by atoms with Crippen molar-refractivity contribution in [3.8, 4) is 11.1 Å². The summed E-state index contributed by atoms with van der Waals surface area (Å²) in [5, 5.41) is 0. The first-order valence-corrected chi connectivity index (χ1v) is 7.54. The SMILES string of the molecule is CC1CC(CN)CN1C(=O)c1c[nH]cc1-c1ccc(F)cc1.Cl. The van der Waals surface area contributed by atoms with Gasteiger partial charge in [0.15, 0.2) is 0 Å². The molecule has 1 saturated heterocycles. The first-order valence-electron chi connectivity index (χ1n) is 7.54. The van der Waals surface area contributed by atoms with E-state index in [2.05, 4.69) is 11.9 Å². The first kappa shape index (κ1) is 17.5. The number of hydrogen-bond donors (Lipinski definition) is 2. The molecular weight excluding hydrogens is 317 g/mol. The second-order valence-corrected chi connectivity index (χ2v) is 5.93. The van der Waals surface area contributed by atoms with Gasteiger partial charge in [-0.1, -0.05) is 12.1 Å². The van der Waals surface area contributed by atoms with Crippen molar-refractivity contribution in [2.45, 2.75) is 19.4 Å². The molecule has 0 radical (unpaired) electrons. The average molecular weight is 338 g/mol. The number of aromatic nitrogens is 1. The summed E-state index contributed by atoms with van der Waals surface area (Å²) in [6.45, 7) is 3.36. The van der Waals surface area contributed by atoms with Crippen LogP contribution in [0.3, 0.4) is 0 Å². The maximum Gasteiger partial charge on any atom is 0.256 e. The molecule has 1 aliphatic rings. The maximum absolute atomic E-state index is 13.1. The number of nitrogens with one attached hydrogen (secondary N) is 1. The normalized spacial score (nSPS) is 20.4. The van der Waals surface area contributed by atoms with Crippen LogP contribution < -0.4 is 5.73 Å². The predicted molar refractivity (Wildman–Crippen MR) is 91.1 cm³/mol. The summed E-state index contributed by atoms with van der Waals surface area (Å²) in [5.74, 6) is 0.0855. The molecule has 1 amide bonds. The molecule has 3 N–H and O–H groups in total. The Balaban J connectivity index is 0.00000192. The minimum Gasteiger partial charge on any atom is -0.366 e. The minimum absolute atomic E-state index is 0. The number of hydrogen-bond acceptors (Lipinski definition) is 2. The number of nitrogens with zero attached hydrogens (tertiary/aromatic N) is 1. The van der Waals surface area contributed by atoms with Gasteiger partial charge < -0.3 is 15.6 Å². The predicted octanol–water partition coefficient (Wildman–Crippen LogP) is 3.05. The zero-order chi connectivity index (χ0) is 15.7. The van der Waals surface area contributed by atoms with E-state index in [0.717, 1.165) is 17.5 Å². The molecule has 0 bridgehead atoms. The first-order chi connectivity index (χ1) is 10.6. The number of nitrogens with two attached hydrogens (primary N) is 1. The van der Waals surface area contributed by atoms with E-state index in [1.807, 2.05) is 4.90 Å². The molecule has 2 heterocycles. The summed E-state index contributed by atoms with van der Waals surface area (Å²) < 4.78 is 13.1. The minimum atomic E-state index is -0.286. The highest BCUT2D eigenvalue weighted by Crippen LogP contribution is 2.29. The molecule has 1 aromatic carbocycles. The van der Waals surface area contributed by atoms with E-state index in [-0.39, 0.29) is 30.2 Å². The molecule has 4 nitrogen and oxygen atoms in total. The van der Waals surface area contributed by atoms with Gasteiger partial charge in [-0.25, -0.2) is 4.39 Å². The summed E-state index contributed by atoms with van der Waals surface area (Å²) >= 11 is 0. The summed E-state index contributed by atoms with van der Waals surface area (Å²) in [6, 6.07) is 6.37. The Labute approximate surface area is 141 Å². The third-order valence-electron chi connectivity index (χ3n) is 4.39. The van der Waals surface area contributed by atoms with Crippen LogP contribution in [0.4, 0.5) is 4.39 Å². The molecule has 23 heavy (non-hydrogen) atoms. The lowest BCUT2D eigenvalue weighted by Gasteiger charge is -2.21. The maximum atomic E-state index is 13.1. The molecule has 6 heteroatoms. The van der Waals surface area contributed by atoms with Crippen LogP contribution in [0, 0.1) is 11.7 Å². The van der Waals surface area contributed by atoms with E-state index >= 15 is 0 Å². The van der Waals surface area contributed by atoms with Gasteiger partial charge in [-0.3, -0.25) is 4.79 Å². The van der Waals surface area contributed by atoms with Crippen LogP contribution in [0.5, 0.6) is 0 Å². The van der Waals surface area contributed by atoms with Crippen molar-refractivity contribution < 1.29 is 9.18 Å². The molecule has 3 rings (SSSR count). The Hall–Kier alpha value is -1.85. The van der Waals surface area contributed by atoms with Crippen LogP contribution in [-0.2, 0) is 0 Å². The van der Waals surface area contributed by atoms with E-state index in [0.29, 0.717) is 24.6 Å². The van der Waals surface area contributed by atoms with Crippen LogP contribution in [0.15, 0.2) is 36.7 Å². The smallest absolute Gasteiger partial charge is 0.256 e. The van der Waals surface area contributed by atoms with Crippen molar-refractivity contribution in [1.82, 2.24) is 9.88 Å². The number of amides is 1. The van der Waals surface area contributed by atoms with Crippen LogP contribution in [-0.4, -0.2) is 34.9 Å². The zero-order valence-corrected chi connectivity index (χ0v) is 13.8. The lowest BCUT2D eigenvalue weighted by molar-refractivity contribution is 0.0744. The molecule has 1 fully saturated rings. The molecule has 124 valence electrons. The van der Waals surface area contributed by atoms with Crippen molar-refractivity contribution in [1.29, 1.82) is 0 Å². The molecule has 2 aromatic rings. The molecule has 2 unspecified atom stereocenters. The lowest BCUT2D eigenvalue weighted by Crippen LogP contribution is -2.34. The van der Waals surface area contributed by atoms with Gasteiger partial charge in [-0.05, 0) is 43.5 Å². The third kappa shape index (κ3) is 3.41. The van der Waals surface area contributed by atoms with Crippen molar-refractivity contribution >= 4 is 18.3 Å². The Bertz CT molecular complexity index is 671. The lowest BCUT2D eigenvalue weighted by atomic mass is 10.0. The number of benzene rings is 1. The monoisotopic (exact) mass is 337 g/mol. The van der Waals surface area contributed by atoms with Crippen LogP contribution in [0.25, 0.3) is 11.1 Å². The van der Waals surface area contributed by atoms with E-state index in [1.54, 1.807) is 24.5 Å². The van der Waals surface area contributed by atoms with Crippen molar-refractivity contribution in [3.63, 3.8) is 0 Å². The quantitative estimate of drug-likeness (QED) is 0.904. The van der Waals surface area contributed by atoms with Gasteiger partial charge in [0.2, 0.25) is 0 Å². The summed E-state index contributed by atoms with van der Waals surface area (Å²) in [5.41, 5.74) is 7.98. The number of carbonyl (C=O) groups is 1. The summed E-state index contributed by atoms with van der Waals surface area (Å²) in [4.78, 5) is 17.7. The number of H-pyrrole nitrogens is 1. The Morgan fingerprint density at radius 2 is 2.04 bits per heavy atom. The molecule has 0 spiro atoms. The van der Waals surface area contributed by atoms with Gasteiger partial charge in [-0.15, -0.1) is 12.4 Å². The van der Waals surface area contributed by atoms with E-state index in [9.17, 15) is 9.18 Å². The number of rotatable bonds is 3. The fourth-order valence-corrected chi connectivity index (χ4v) is 3.16. The molecular formula is C17H21ClFN3O. The van der Waals surface area contributed by atoms with E-state index < -0.39 is 0 Å². The van der Waals surface area contributed by atoms with Crippen LogP contribution >= 0.6 is 12.4 Å². The molecule has 1 aromatic heterocycles. The molecule has 1 aliphatic heterocycles. The number of likely N-dealkylation sites (tertiary alicyclic amines) is 1. The van der Waals surface area contributed by atoms with Gasteiger partial charge in [0.1, 0.15) is 5.82 Å². The van der Waals surface area contributed by atoms with Gasteiger partial charge in [0.05, 0.1) is 5.56 Å². The molecule has 0 aliphatic carbocycles. The summed E-state index contributed by atoms with van der Waals surface area (Å²) in [6.07, 6.45) is 4.43. The Morgan fingerprint density at radius 1 is 1.35 bits per heavy atom. The zero-order valence-electron chi connectivity index (χ0n) is 13.0. The standard InChI is InChI=1S/C17H20FN3O.ClH/c1-11-6-12(7-19)10-21(11)17(22)16-9-20-8-15(16)13-2-4-14(18)5-3-13;/h2-5,8-9,11-12,20H,6-7,10,19H2,1H3;1H. The Kier molecular flexibility index (Phi) is 5.44. The third-order valence-corrected chi connectivity index (χ3v) is 4.39. The highest BCUT2D eigenvalue weighted by molar-refractivity contribution is 6.01. The Morgan fingerprint density at radius 3 is 2.65 bits per heavy atom. The second-order valence-electron chi connectivity index (χ2n) is 5.93.